The highest BCUT2D eigenvalue weighted by molar-refractivity contribution is 7.79. The summed E-state index contributed by atoms with van der Waals surface area (Å²) in [5.41, 5.74) is 7.41. The van der Waals surface area contributed by atoms with Crippen molar-refractivity contribution in [3.63, 3.8) is 0 Å². The zero-order valence-corrected chi connectivity index (χ0v) is 30.7. The Kier molecular flexibility index (Phi) is 12.7. The Morgan fingerprint density at radius 1 is 0.532 bits per heavy atom. The third kappa shape index (κ3) is 7.67. The van der Waals surface area contributed by atoms with E-state index in [1.165, 1.54) is 157 Å². The first-order chi connectivity index (χ1) is 22.9. The van der Waals surface area contributed by atoms with Crippen LogP contribution in [-0.4, -0.2) is 5.37 Å². The van der Waals surface area contributed by atoms with Gasteiger partial charge in [0, 0.05) is 5.37 Å². The lowest BCUT2D eigenvalue weighted by molar-refractivity contribution is 0.486. The zero-order valence-electron chi connectivity index (χ0n) is 29.9. The molecule has 0 bridgehead atoms. The quantitative estimate of drug-likeness (QED) is 0.0352. The molecule has 0 unspecified atom stereocenters. The minimum absolute atomic E-state index is 0.577. The Balaban J connectivity index is 1.62. The highest BCUT2D eigenvalue weighted by Gasteiger charge is 2.23. The Labute approximate surface area is 291 Å². The van der Waals surface area contributed by atoms with Gasteiger partial charge >= 0.3 is 0 Å². The molecule has 0 saturated heterocycles. The van der Waals surface area contributed by atoms with E-state index in [2.05, 4.69) is 89.4 Å². The van der Waals surface area contributed by atoms with Crippen LogP contribution in [-0.2, 0) is 0 Å². The summed E-state index contributed by atoms with van der Waals surface area (Å²) in [5.74, 6) is 0.577. The lowest BCUT2D eigenvalue weighted by atomic mass is 9.79. The van der Waals surface area contributed by atoms with Crippen molar-refractivity contribution in [2.24, 2.45) is 0 Å². The summed E-state index contributed by atoms with van der Waals surface area (Å²) in [6.45, 7) is 17.8. The molecule has 0 aromatic heterocycles. The standard InChI is InChI=1S/C46H58S/c1-7-9-11-13-15-17-19-21-34(22-20-18-16-14-12-10-8-2)38-27-30-42-40-28-25-36(32(3)4)43-35(31-47)23-24-39(45(40)43)41-29-26-37(33(5)6)44(38)46(41)42/h23-31,34H,3,5,7-22H2,1-2,4,6H3. The molecular weight excluding hydrogens is 585 g/mol. The van der Waals surface area contributed by atoms with Gasteiger partial charge in [-0.1, -0.05) is 189 Å². The van der Waals surface area contributed by atoms with Gasteiger partial charge in [-0.05, 0) is 98.0 Å². The Bertz CT molecular complexity index is 1800. The van der Waals surface area contributed by atoms with E-state index in [4.69, 9.17) is 12.2 Å². The van der Waals surface area contributed by atoms with E-state index in [0.29, 0.717) is 5.92 Å². The first-order valence-electron chi connectivity index (χ1n) is 18.9. The molecule has 0 aliphatic heterocycles. The Morgan fingerprint density at radius 2 is 0.936 bits per heavy atom. The lowest BCUT2D eigenvalue weighted by Crippen LogP contribution is -2.04. The SMILES string of the molecule is C=C(C)c1ccc2c3ccc(C(CCCCCCCCC)CCCCCCCCC)c4c(C(=C)C)ccc(c5ccc(C=S)c1c52)c43. The van der Waals surface area contributed by atoms with Crippen molar-refractivity contribution < 1.29 is 0 Å². The van der Waals surface area contributed by atoms with E-state index in [9.17, 15) is 0 Å². The van der Waals surface area contributed by atoms with Gasteiger partial charge in [0.2, 0.25) is 0 Å². The number of fused-ring (bicyclic) bond motifs is 2. The van der Waals surface area contributed by atoms with Crippen LogP contribution < -0.4 is 0 Å². The predicted octanol–water partition coefficient (Wildman–Crippen LogP) is 15.5. The summed E-state index contributed by atoms with van der Waals surface area (Å²) >= 11 is 5.54. The topological polar surface area (TPSA) is 0 Å². The van der Waals surface area contributed by atoms with Crippen LogP contribution in [0.4, 0.5) is 0 Å². The monoisotopic (exact) mass is 642 g/mol. The summed E-state index contributed by atoms with van der Waals surface area (Å²) in [5, 5.41) is 12.6. The molecule has 0 amide bonds. The molecule has 0 heterocycles. The number of benzene rings is 5. The Hall–Kier alpha value is -3.03. The minimum Gasteiger partial charge on any atom is -0.0955 e. The van der Waals surface area contributed by atoms with Crippen LogP contribution >= 0.6 is 12.2 Å². The molecule has 5 aromatic rings. The minimum atomic E-state index is 0.577. The normalized spacial score (nSPS) is 11.9. The van der Waals surface area contributed by atoms with Gasteiger partial charge in [0.25, 0.3) is 0 Å². The molecule has 1 heteroatoms. The van der Waals surface area contributed by atoms with E-state index in [1.54, 1.807) is 5.56 Å². The van der Waals surface area contributed by atoms with Crippen LogP contribution in [0, 0.1) is 0 Å². The van der Waals surface area contributed by atoms with Crippen LogP contribution in [0.5, 0.6) is 0 Å². The van der Waals surface area contributed by atoms with Gasteiger partial charge in [-0.15, -0.1) is 0 Å². The van der Waals surface area contributed by atoms with Crippen LogP contribution in [0.3, 0.4) is 0 Å². The molecule has 0 nitrogen and oxygen atoms in total. The number of rotatable bonds is 20. The maximum atomic E-state index is 5.54. The number of thiocarbonyl (C=S) groups is 1. The average Bonchev–Trinajstić information content (AvgIpc) is 3.08. The molecule has 5 rings (SSSR count). The van der Waals surface area contributed by atoms with E-state index in [-0.39, 0.29) is 0 Å². The highest BCUT2D eigenvalue weighted by Crippen LogP contribution is 2.47. The summed E-state index contributed by atoms with van der Waals surface area (Å²) < 4.78 is 0. The lowest BCUT2D eigenvalue weighted by Gasteiger charge is -2.25. The molecule has 0 aliphatic carbocycles. The first kappa shape index (κ1) is 35.3. The fourth-order valence-electron chi connectivity index (χ4n) is 8.24. The molecule has 47 heavy (non-hydrogen) atoms. The molecule has 0 radical (unpaired) electrons. The molecular formula is C46H58S. The third-order valence-corrected chi connectivity index (χ3v) is 11.0. The maximum absolute atomic E-state index is 5.54. The summed E-state index contributed by atoms with van der Waals surface area (Å²) in [4.78, 5) is 0. The van der Waals surface area contributed by atoms with E-state index in [0.717, 1.165) is 16.7 Å². The van der Waals surface area contributed by atoms with Crippen LogP contribution in [0.25, 0.3) is 54.2 Å². The smallest absolute Gasteiger partial charge is 0.00925 e. The van der Waals surface area contributed by atoms with Gasteiger partial charge in [0.05, 0.1) is 0 Å². The van der Waals surface area contributed by atoms with Crippen molar-refractivity contribution in [1.29, 1.82) is 0 Å². The second-order valence-electron chi connectivity index (χ2n) is 14.4. The number of hydrogen-bond donors (Lipinski definition) is 0. The summed E-state index contributed by atoms with van der Waals surface area (Å²) in [7, 11) is 0. The average molecular weight is 643 g/mol. The fourth-order valence-corrected chi connectivity index (χ4v) is 8.44. The number of allylic oxidation sites excluding steroid dienone is 2. The third-order valence-electron chi connectivity index (χ3n) is 10.8. The van der Waals surface area contributed by atoms with Crippen molar-refractivity contribution in [3.05, 3.63) is 83.9 Å². The van der Waals surface area contributed by atoms with Gasteiger partial charge in [-0.25, -0.2) is 0 Å². The van der Waals surface area contributed by atoms with Crippen molar-refractivity contribution in [3.8, 4) is 0 Å². The first-order valence-corrected chi connectivity index (χ1v) is 19.4. The molecule has 0 N–H and O–H groups in total. The number of unbranched alkanes of at least 4 members (excludes halogenated alkanes) is 12. The van der Waals surface area contributed by atoms with E-state index < -0.39 is 0 Å². The fraction of sp³-hybridized carbons (Fsp3) is 0.457. The van der Waals surface area contributed by atoms with Gasteiger partial charge in [0.1, 0.15) is 0 Å². The van der Waals surface area contributed by atoms with Gasteiger partial charge in [-0.2, -0.15) is 0 Å². The van der Waals surface area contributed by atoms with Crippen LogP contribution in [0.1, 0.15) is 159 Å². The van der Waals surface area contributed by atoms with Crippen LogP contribution in [0.2, 0.25) is 0 Å². The zero-order chi connectivity index (χ0) is 33.3. The maximum Gasteiger partial charge on any atom is 0.00925 e. The van der Waals surface area contributed by atoms with Gasteiger partial charge < -0.3 is 0 Å². The summed E-state index contributed by atoms with van der Waals surface area (Å²) in [6, 6.07) is 18.8. The molecule has 0 saturated carbocycles. The second kappa shape index (κ2) is 16.9. The molecule has 0 spiro atoms. The van der Waals surface area contributed by atoms with Gasteiger partial charge in [-0.3, -0.25) is 0 Å². The molecule has 5 aromatic carbocycles. The highest BCUT2D eigenvalue weighted by atomic mass is 32.1. The van der Waals surface area contributed by atoms with E-state index >= 15 is 0 Å². The molecule has 248 valence electrons. The largest absolute Gasteiger partial charge is 0.0955 e. The van der Waals surface area contributed by atoms with Crippen LogP contribution in [0.15, 0.2) is 61.7 Å². The predicted molar refractivity (Wildman–Crippen MR) is 218 cm³/mol. The Morgan fingerprint density at radius 3 is 1.40 bits per heavy atom. The number of hydrogen-bond acceptors (Lipinski definition) is 1. The molecule has 0 atom stereocenters. The van der Waals surface area contributed by atoms with Crippen molar-refractivity contribution in [1.82, 2.24) is 0 Å². The molecule has 0 aliphatic rings. The van der Waals surface area contributed by atoms with E-state index in [1.807, 2.05) is 5.37 Å². The van der Waals surface area contributed by atoms with Crippen molar-refractivity contribution >= 4 is 71.8 Å². The summed E-state index contributed by atoms with van der Waals surface area (Å²) in [6.07, 6.45) is 21.6. The second-order valence-corrected chi connectivity index (χ2v) is 14.7. The molecule has 0 fully saturated rings. The van der Waals surface area contributed by atoms with Crippen molar-refractivity contribution in [2.75, 3.05) is 0 Å². The van der Waals surface area contributed by atoms with Crippen molar-refractivity contribution in [2.45, 2.75) is 136 Å². The van der Waals surface area contributed by atoms with Gasteiger partial charge in [0.15, 0.2) is 0 Å².